The van der Waals surface area contributed by atoms with Crippen molar-refractivity contribution in [3.05, 3.63) is 59.7 Å². The van der Waals surface area contributed by atoms with E-state index in [9.17, 15) is 9.50 Å². The molecule has 1 unspecified atom stereocenters. The van der Waals surface area contributed by atoms with Crippen LogP contribution in [0.2, 0.25) is 0 Å². The molecule has 0 fully saturated rings. The van der Waals surface area contributed by atoms with Gasteiger partial charge in [-0.3, -0.25) is 4.98 Å². The molecule has 0 amide bonds. The summed E-state index contributed by atoms with van der Waals surface area (Å²) >= 11 is 0. The van der Waals surface area contributed by atoms with Gasteiger partial charge in [0.25, 0.3) is 0 Å². The van der Waals surface area contributed by atoms with E-state index in [0.717, 1.165) is 17.5 Å². The van der Waals surface area contributed by atoms with Crippen molar-refractivity contribution in [1.82, 2.24) is 4.98 Å². The first-order chi connectivity index (χ1) is 9.20. The van der Waals surface area contributed by atoms with Crippen LogP contribution in [0.5, 0.6) is 5.75 Å². The second-order valence-corrected chi connectivity index (χ2v) is 4.30. The van der Waals surface area contributed by atoms with Crippen LogP contribution in [0.15, 0.2) is 42.7 Å². The molecular weight excluding hydrogens is 245 g/mol. The van der Waals surface area contributed by atoms with E-state index in [1.165, 1.54) is 12.3 Å². The van der Waals surface area contributed by atoms with Crippen LogP contribution in [0.25, 0.3) is 0 Å². The van der Waals surface area contributed by atoms with Crippen LogP contribution in [0.3, 0.4) is 0 Å². The number of nitrogens with zero attached hydrogens (tertiary/aromatic N) is 1. The minimum atomic E-state index is -0.815. The van der Waals surface area contributed by atoms with Gasteiger partial charge < -0.3 is 9.84 Å². The first kappa shape index (κ1) is 13.5. The van der Waals surface area contributed by atoms with Crippen molar-refractivity contribution in [3.8, 4) is 5.75 Å². The molecule has 100 valence electrons. The highest BCUT2D eigenvalue weighted by molar-refractivity contribution is 5.27. The lowest BCUT2D eigenvalue weighted by molar-refractivity contribution is 0.163. The zero-order valence-electron chi connectivity index (χ0n) is 10.7. The molecule has 2 rings (SSSR count). The third-order valence-corrected chi connectivity index (χ3v) is 3.03. The lowest BCUT2D eigenvalue weighted by atomic mass is 10.0. The summed E-state index contributed by atoms with van der Waals surface area (Å²) in [7, 11) is 1.62. The fourth-order valence-electron chi connectivity index (χ4n) is 1.91. The van der Waals surface area contributed by atoms with Crippen molar-refractivity contribution in [1.29, 1.82) is 0 Å². The van der Waals surface area contributed by atoms with Gasteiger partial charge >= 0.3 is 0 Å². The Balaban J connectivity index is 1.96. The molecule has 3 nitrogen and oxygen atoms in total. The number of ether oxygens (including phenoxy) is 1. The van der Waals surface area contributed by atoms with Crippen LogP contribution >= 0.6 is 0 Å². The molecule has 0 aliphatic rings. The fraction of sp³-hybridized carbons (Fsp3) is 0.267. The van der Waals surface area contributed by atoms with Crippen LogP contribution in [-0.4, -0.2) is 17.2 Å². The molecule has 0 spiro atoms. The first-order valence-corrected chi connectivity index (χ1v) is 6.11. The first-order valence-electron chi connectivity index (χ1n) is 6.11. The quantitative estimate of drug-likeness (QED) is 0.899. The maximum Gasteiger partial charge on any atom is 0.147 e. The molecule has 4 heteroatoms. The molecule has 0 aliphatic carbocycles. The average Bonchev–Trinajstić information content (AvgIpc) is 2.46. The lowest BCUT2D eigenvalue weighted by Crippen LogP contribution is -2.02. The van der Waals surface area contributed by atoms with Crippen molar-refractivity contribution in [2.75, 3.05) is 7.11 Å². The Hall–Kier alpha value is -1.94. The van der Waals surface area contributed by atoms with Crippen LogP contribution in [0.4, 0.5) is 4.39 Å². The monoisotopic (exact) mass is 261 g/mol. The van der Waals surface area contributed by atoms with Crippen molar-refractivity contribution >= 4 is 0 Å². The number of benzene rings is 1. The molecule has 0 bridgehead atoms. The fourth-order valence-corrected chi connectivity index (χ4v) is 1.91. The number of hydrogen-bond acceptors (Lipinski definition) is 3. The van der Waals surface area contributed by atoms with Crippen LogP contribution in [-0.2, 0) is 6.42 Å². The number of pyridine rings is 1. The van der Waals surface area contributed by atoms with Gasteiger partial charge in [0.2, 0.25) is 0 Å². The van der Waals surface area contributed by atoms with Crippen molar-refractivity contribution in [2.45, 2.75) is 18.9 Å². The predicted molar refractivity (Wildman–Crippen MR) is 70.5 cm³/mol. The SMILES string of the molecule is COc1ccc(CCC(O)c2ccncc2F)cc1. The Labute approximate surface area is 111 Å². The van der Waals surface area contributed by atoms with Crippen molar-refractivity contribution < 1.29 is 14.2 Å². The van der Waals surface area contributed by atoms with Gasteiger partial charge in [0.1, 0.15) is 11.6 Å². The molecule has 1 aromatic carbocycles. The topological polar surface area (TPSA) is 42.4 Å². The van der Waals surface area contributed by atoms with Crippen LogP contribution in [0, 0.1) is 5.82 Å². The summed E-state index contributed by atoms with van der Waals surface area (Å²) in [6.45, 7) is 0. The molecule has 0 aliphatic heterocycles. The number of aryl methyl sites for hydroxylation is 1. The van der Waals surface area contributed by atoms with Gasteiger partial charge in [-0.1, -0.05) is 12.1 Å². The molecule has 2 aromatic rings. The summed E-state index contributed by atoms with van der Waals surface area (Å²) in [4.78, 5) is 3.66. The van der Waals surface area contributed by atoms with E-state index < -0.39 is 11.9 Å². The molecule has 0 saturated heterocycles. The molecule has 1 heterocycles. The van der Waals surface area contributed by atoms with Crippen LogP contribution < -0.4 is 4.74 Å². The summed E-state index contributed by atoms with van der Waals surface area (Å²) in [5.74, 6) is 0.328. The zero-order valence-corrected chi connectivity index (χ0v) is 10.7. The number of rotatable bonds is 5. The highest BCUT2D eigenvalue weighted by atomic mass is 19.1. The molecule has 1 aromatic heterocycles. The Bertz CT molecular complexity index is 528. The van der Waals surface area contributed by atoms with E-state index in [1.54, 1.807) is 7.11 Å². The number of methoxy groups -OCH3 is 1. The maximum absolute atomic E-state index is 13.4. The van der Waals surface area contributed by atoms with Gasteiger partial charge in [-0.25, -0.2) is 4.39 Å². The van der Waals surface area contributed by atoms with E-state index in [-0.39, 0.29) is 0 Å². The highest BCUT2D eigenvalue weighted by Gasteiger charge is 2.12. The van der Waals surface area contributed by atoms with Gasteiger partial charge in [0.05, 0.1) is 19.4 Å². The third kappa shape index (κ3) is 3.51. The van der Waals surface area contributed by atoms with Gasteiger partial charge in [-0.05, 0) is 36.6 Å². The van der Waals surface area contributed by atoms with E-state index in [1.807, 2.05) is 24.3 Å². The molecule has 1 atom stereocenters. The smallest absolute Gasteiger partial charge is 0.147 e. The molecule has 1 N–H and O–H groups in total. The maximum atomic E-state index is 13.4. The van der Waals surface area contributed by atoms with E-state index >= 15 is 0 Å². The summed E-state index contributed by atoms with van der Waals surface area (Å²) in [6.07, 6.45) is 2.92. The van der Waals surface area contributed by atoms with Gasteiger partial charge in [0, 0.05) is 11.8 Å². The Morgan fingerprint density at radius 2 is 2.00 bits per heavy atom. The van der Waals surface area contributed by atoms with Gasteiger partial charge in [-0.15, -0.1) is 0 Å². The zero-order chi connectivity index (χ0) is 13.7. The standard InChI is InChI=1S/C15H16FNO2/c1-19-12-5-2-11(3-6-12)4-7-15(18)13-8-9-17-10-14(13)16/h2-3,5-6,8-10,15,18H,4,7H2,1H3. The number of hydrogen-bond donors (Lipinski definition) is 1. The molecule has 0 saturated carbocycles. The summed E-state index contributed by atoms with van der Waals surface area (Å²) in [5.41, 5.74) is 1.37. The molecule has 0 radical (unpaired) electrons. The van der Waals surface area contributed by atoms with E-state index in [4.69, 9.17) is 4.74 Å². The Morgan fingerprint density at radius 3 is 2.63 bits per heavy atom. The van der Waals surface area contributed by atoms with E-state index in [2.05, 4.69) is 4.98 Å². The number of aliphatic hydroxyl groups is 1. The van der Waals surface area contributed by atoms with Crippen molar-refractivity contribution in [3.63, 3.8) is 0 Å². The van der Waals surface area contributed by atoms with Crippen LogP contribution in [0.1, 0.15) is 23.7 Å². The number of aromatic nitrogens is 1. The summed E-state index contributed by atoms with van der Waals surface area (Å²) in [5, 5.41) is 9.97. The summed E-state index contributed by atoms with van der Waals surface area (Å²) < 4.78 is 18.5. The minimum absolute atomic E-state index is 0.295. The average molecular weight is 261 g/mol. The van der Waals surface area contributed by atoms with Crippen molar-refractivity contribution in [2.24, 2.45) is 0 Å². The van der Waals surface area contributed by atoms with Gasteiger partial charge in [-0.2, -0.15) is 0 Å². The second kappa shape index (κ2) is 6.29. The largest absolute Gasteiger partial charge is 0.497 e. The normalized spacial score (nSPS) is 12.2. The Morgan fingerprint density at radius 1 is 1.26 bits per heavy atom. The second-order valence-electron chi connectivity index (χ2n) is 4.30. The Kier molecular flexibility index (Phi) is 4.47. The molecular formula is C15H16FNO2. The highest BCUT2D eigenvalue weighted by Crippen LogP contribution is 2.21. The number of halogens is 1. The molecule has 19 heavy (non-hydrogen) atoms. The lowest BCUT2D eigenvalue weighted by Gasteiger charge is -2.11. The van der Waals surface area contributed by atoms with Gasteiger partial charge in [0.15, 0.2) is 0 Å². The third-order valence-electron chi connectivity index (χ3n) is 3.03. The van der Waals surface area contributed by atoms with E-state index in [0.29, 0.717) is 18.4 Å². The predicted octanol–water partition coefficient (Wildman–Crippen LogP) is 2.90. The minimum Gasteiger partial charge on any atom is -0.497 e. The summed E-state index contributed by atoms with van der Waals surface area (Å²) in [6, 6.07) is 9.13. The number of aliphatic hydroxyl groups excluding tert-OH is 1.